The summed E-state index contributed by atoms with van der Waals surface area (Å²) in [5.41, 5.74) is 1.60. The van der Waals surface area contributed by atoms with Crippen LogP contribution in [0.3, 0.4) is 0 Å². The van der Waals surface area contributed by atoms with Gasteiger partial charge in [-0.3, -0.25) is 0 Å². The number of carbonyl (C=O) groups excluding carboxylic acids is 1. The third kappa shape index (κ3) is 9.96. The summed E-state index contributed by atoms with van der Waals surface area (Å²) in [6, 6.07) is 7.36. The first-order chi connectivity index (χ1) is 13.1. The summed E-state index contributed by atoms with van der Waals surface area (Å²) in [6.45, 7) is 9.12. The molecule has 0 bridgehead atoms. The van der Waals surface area contributed by atoms with E-state index in [2.05, 4.69) is 27.6 Å². The number of benzene rings is 1. The maximum atomic E-state index is 11.7. The predicted molar refractivity (Wildman–Crippen MR) is 109 cm³/mol. The van der Waals surface area contributed by atoms with Crippen molar-refractivity contribution in [3.05, 3.63) is 35.4 Å². The van der Waals surface area contributed by atoms with Gasteiger partial charge in [0.1, 0.15) is 0 Å². The van der Waals surface area contributed by atoms with Gasteiger partial charge in [-0.05, 0) is 45.0 Å². The molecule has 0 spiro atoms. The van der Waals surface area contributed by atoms with Gasteiger partial charge in [-0.25, -0.2) is 9.79 Å². The van der Waals surface area contributed by atoms with Crippen molar-refractivity contribution in [1.82, 2.24) is 15.5 Å². The summed E-state index contributed by atoms with van der Waals surface area (Å²) in [4.78, 5) is 18.6. The van der Waals surface area contributed by atoms with E-state index in [1.54, 1.807) is 26.2 Å². The molecule has 2 N–H and O–H groups in total. The highest BCUT2D eigenvalue weighted by Gasteiger charge is 2.05. The lowest BCUT2D eigenvalue weighted by Crippen LogP contribution is -2.41. The molecule has 0 fully saturated rings. The lowest BCUT2D eigenvalue weighted by Gasteiger charge is -2.18. The van der Waals surface area contributed by atoms with E-state index in [-0.39, 0.29) is 5.97 Å². The molecule has 0 saturated carbocycles. The van der Waals surface area contributed by atoms with Crippen molar-refractivity contribution in [2.45, 2.75) is 26.8 Å². The van der Waals surface area contributed by atoms with Crippen molar-refractivity contribution in [2.24, 2.45) is 4.99 Å². The molecule has 7 nitrogen and oxygen atoms in total. The number of carbonyl (C=O) groups is 1. The smallest absolute Gasteiger partial charge is 0.338 e. The first-order valence-electron chi connectivity index (χ1n) is 9.56. The lowest BCUT2D eigenvalue weighted by molar-refractivity contribution is 0.0526. The zero-order valence-electron chi connectivity index (χ0n) is 17.1. The number of hydrogen-bond acceptors (Lipinski definition) is 5. The molecule has 0 unspecified atom stereocenters. The van der Waals surface area contributed by atoms with Crippen LogP contribution >= 0.6 is 0 Å². The molecule has 0 amide bonds. The highest BCUT2D eigenvalue weighted by atomic mass is 16.5. The molecule has 1 rings (SSSR count). The molecule has 1 aromatic carbocycles. The molecule has 0 aliphatic carbocycles. The van der Waals surface area contributed by atoms with Crippen molar-refractivity contribution in [2.75, 3.05) is 53.6 Å². The van der Waals surface area contributed by atoms with Gasteiger partial charge in [0, 0.05) is 39.9 Å². The summed E-state index contributed by atoms with van der Waals surface area (Å²) in [6.07, 6.45) is 1.03. The van der Waals surface area contributed by atoms with Crippen molar-refractivity contribution in [1.29, 1.82) is 0 Å². The quantitative estimate of drug-likeness (QED) is 0.250. The second kappa shape index (κ2) is 14.0. The van der Waals surface area contributed by atoms with Gasteiger partial charge in [-0.15, -0.1) is 0 Å². The summed E-state index contributed by atoms with van der Waals surface area (Å²) >= 11 is 0. The number of rotatable bonds is 12. The van der Waals surface area contributed by atoms with Gasteiger partial charge in [0.2, 0.25) is 0 Å². The van der Waals surface area contributed by atoms with Crippen LogP contribution in [-0.4, -0.2) is 70.4 Å². The minimum absolute atomic E-state index is 0.294. The van der Waals surface area contributed by atoms with E-state index in [1.165, 1.54) is 0 Å². The van der Waals surface area contributed by atoms with Crippen LogP contribution in [0.4, 0.5) is 0 Å². The minimum atomic E-state index is -0.294. The third-order valence-electron chi connectivity index (χ3n) is 3.90. The maximum absolute atomic E-state index is 11.7. The summed E-state index contributed by atoms with van der Waals surface area (Å²) in [7, 11) is 3.83. The largest absolute Gasteiger partial charge is 0.462 e. The van der Waals surface area contributed by atoms with Crippen molar-refractivity contribution in [3.63, 3.8) is 0 Å². The van der Waals surface area contributed by atoms with Crippen LogP contribution < -0.4 is 10.6 Å². The van der Waals surface area contributed by atoms with E-state index >= 15 is 0 Å². The van der Waals surface area contributed by atoms with E-state index in [0.717, 1.165) is 50.7 Å². The van der Waals surface area contributed by atoms with Gasteiger partial charge >= 0.3 is 5.97 Å². The second-order valence-electron chi connectivity index (χ2n) is 6.19. The number of aliphatic imine (C=N–C) groups is 1. The van der Waals surface area contributed by atoms with E-state index in [9.17, 15) is 4.79 Å². The van der Waals surface area contributed by atoms with Crippen molar-refractivity contribution < 1.29 is 14.3 Å². The number of nitrogens with one attached hydrogen (secondary N) is 2. The van der Waals surface area contributed by atoms with Crippen LogP contribution in [0.25, 0.3) is 0 Å². The van der Waals surface area contributed by atoms with E-state index in [1.807, 2.05) is 19.1 Å². The van der Waals surface area contributed by atoms with Crippen LogP contribution in [-0.2, 0) is 16.0 Å². The Morgan fingerprint density at radius 1 is 1.15 bits per heavy atom. The standard InChI is InChI=1S/C20H34N4O3/c1-5-21-20(22-12-14-24(3)13-7-15-26-4)23-16-17-8-10-18(11-9-17)19(25)27-6-2/h8-11H,5-7,12-16H2,1-4H3,(H2,21,22,23). The van der Waals surface area contributed by atoms with Crippen LogP contribution in [0.15, 0.2) is 29.3 Å². The Hall–Kier alpha value is -2.12. The normalized spacial score (nSPS) is 11.5. The highest BCUT2D eigenvalue weighted by molar-refractivity contribution is 5.89. The van der Waals surface area contributed by atoms with Gasteiger partial charge in [0.15, 0.2) is 5.96 Å². The van der Waals surface area contributed by atoms with Crippen LogP contribution in [0.2, 0.25) is 0 Å². The molecule has 0 saturated heterocycles. The topological polar surface area (TPSA) is 75.2 Å². The van der Waals surface area contributed by atoms with E-state index < -0.39 is 0 Å². The number of guanidine groups is 1. The fourth-order valence-electron chi connectivity index (χ4n) is 2.43. The van der Waals surface area contributed by atoms with Crippen LogP contribution in [0.1, 0.15) is 36.2 Å². The van der Waals surface area contributed by atoms with Gasteiger partial charge in [0.05, 0.1) is 18.7 Å². The average molecular weight is 379 g/mol. The first kappa shape index (κ1) is 22.9. The molecule has 0 aromatic heterocycles. The number of ether oxygens (including phenoxy) is 2. The van der Waals surface area contributed by atoms with E-state index in [0.29, 0.717) is 18.7 Å². The molecule has 0 aliphatic rings. The summed E-state index contributed by atoms with van der Waals surface area (Å²) < 4.78 is 10.1. The Balaban J connectivity index is 2.47. The molecule has 0 heterocycles. The number of hydrogen-bond donors (Lipinski definition) is 2. The Bertz CT molecular complexity index is 561. The molecular formula is C20H34N4O3. The molecule has 1 aromatic rings. The van der Waals surface area contributed by atoms with Crippen molar-refractivity contribution in [3.8, 4) is 0 Å². The fraction of sp³-hybridized carbons (Fsp3) is 0.600. The van der Waals surface area contributed by atoms with Gasteiger partial charge in [-0.1, -0.05) is 12.1 Å². The molecule has 152 valence electrons. The Labute approximate surface area is 163 Å². The number of likely N-dealkylation sites (N-methyl/N-ethyl adjacent to an activating group) is 1. The molecule has 7 heteroatoms. The van der Waals surface area contributed by atoms with Crippen molar-refractivity contribution >= 4 is 11.9 Å². The number of nitrogens with zero attached hydrogens (tertiary/aromatic N) is 2. The van der Waals surface area contributed by atoms with Gasteiger partial charge in [-0.2, -0.15) is 0 Å². The average Bonchev–Trinajstić information content (AvgIpc) is 2.67. The maximum Gasteiger partial charge on any atom is 0.338 e. The third-order valence-corrected chi connectivity index (χ3v) is 3.90. The first-order valence-corrected chi connectivity index (χ1v) is 9.56. The lowest BCUT2D eigenvalue weighted by atomic mass is 10.1. The fourth-order valence-corrected chi connectivity index (χ4v) is 2.43. The molecule has 0 atom stereocenters. The number of methoxy groups -OCH3 is 1. The predicted octanol–water partition coefficient (Wildman–Crippen LogP) is 1.89. The molecule has 27 heavy (non-hydrogen) atoms. The van der Waals surface area contributed by atoms with Gasteiger partial charge < -0.3 is 25.0 Å². The molecular weight excluding hydrogens is 344 g/mol. The monoisotopic (exact) mass is 378 g/mol. The van der Waals surface area contributed by atoms with Crippen LogP contribution in [0, 0.1) is 0 Å². The zero-order valence-corrected chi connectivity index (χ0v) is 17.1. The zero-order chi connectivity index (χ0) is 19.9. The highest BCUT2D eigenvalue weighted by Crippen LogP contribution is 2.07. The second-order valence-corrected chi connectivity index (χ2v) is 6.19. The Morgan fingerprint density at radius 2 is 1.89 bits per heavy atom. The Kier molecular flexibility index (Phi) is 11.9. The van der Waals surface area contributed by atoms with Crippen LogP contribution in [0.5, 0.6) is 0 Å². The summed E-state index contributed by atoms with van der Waals surface area (Å²) in [5, 5.41) is 6.60. The van der Waals surface area contributed by atoms with Gasteiger partial charge in [0.25, 0.3) is 0 Å². The minimum Gasteiger partial charge on any atom is -0.462 e. The molecule has 0 radical (unpaired) electrons. The summed E-state index contributed by atoms with van der Waals surface area (Å²) in [5.74, 6) is 0.495. The van der Waals surface area contributed by atoms with E-state index in [4.69, 9.17) is 9.47 Å². The molecule has 0 aliphatic heterocycles. The Morgan fingerprint density at radius 3 is 2.52 bits per heavy atom. The SMILES string of the molecule is CCNC(=NCc1ccc(C(=O)OCC)cc1)NCCN(C)CCCOC. The number of esters is 1.